The van der Waals surface area contributed by atoms with E-state index in [1.165, 1.54) is 0 Å². The van der Waals surface area contributed by atoms with E-state index in [1.807, 2.05) is 30.3 Å². The van der Waals surface area contributed by atoms with Crippen LogP contribution in [0.1, 0.15) is 39.6 Å². The lowest BCUT2D eigenvalue weighted by atomic mass is 10.1. The molecule has 0 saturated heterocycles. The largest absolute Gasteiger partial charge is 0.337 e. The number of anilines is 1. The highest BCUT2D eigenvalue weighted by Crippen LogP contribution is 2.25. The molecule has 0 radical (unpaired) electrons. The van der Waals surface area contributed by atoms with Crippen molar-refractivity contribution in [3.8, 4) is 0 Å². The second-order valence-corrected chi connectivity index (χ2v) is 7.89. The summed E-state index contributed by atoms with van der Waals surface area (Å²) in [6, 6.07) is 12.8. The number of carbonyl (C=O) groups excluding carboxylic acids is 2. The molecule has 0 saturated carbocycles. The first-order chi connectivity index (χ1) is 15.0. The third-order valence-corrected chi connectivity index (χ3v) is 5.37. The standard InChI is InChI=1S/C23H22ClN5O2/c1-2-4-14-5-3-6-15(11-14)12-20-27-21(29-28-20)23(31)25-18-10-8-16-7-9-17(24)13-19(16)26-22(18)30/h2-3,5-7,9,11,13,18H,1,4,8,10,12H2,(H,25,31)(H,26,30)(H,27,28,29)/t18-/m0/s1. The first-order valence-corrected chi connectivity index (χ1v) is 10.4. The van der Waals surface area contributed by atoms with E-state index in [0.29, 0.717) is 35.8 Å². The normalized spacial score (nSPS) is 15.5. The fourth-order valence-electron chi connectivity index (χ4n) is 3.60. The molecule has 0 fully saturated rings. The molecule has 0 spiro atoms. The molecule has 0 unspecified atom stereocenters. The second-order valence-electron chi connectivity index (χ2n) is 7.45. The van der Waals surface area contributed by atoms with Crippen LogP contribution in [0.3, 0.4) is 0 Å². The monoisotopic (exact) mass is 435 g/mol. The summed E-state index contributed by atoms with van der Waals surface area (Å²) < 4.78 is 0. The van der Waals surface area contributed by atoms with Gasteiger partial charge in [-0.15, -0.1) is 11.7 Å². The van der Waals surface area contributed by atoms with Gasteiger partial charge in [0.15, 0.2) is 0 Å². The van der Waals surface area contributed by atoms with Crippen molar-refractivity contribution in [1.82, 2.24) is 20.5 Å². The van der Waals surface area contributed by atoms with Crippen molar-refractivity contribution >= 4 is 29.1 Å². The lowest BCUT2D eigenvalue weighted by Gasteiger charge is -2.13. The first kappa shape index (κ1) is 20.8. The third kappa shape index (κ3) is 5.00. The number of fused-ring (bicyclic) bond motifs is 1. The molecular formula is C23H22ClN5O2. The zero-order valence-corrected chi connectivity index (χ0v) is 17.6. The summed E-state index contributed by atoms with van der Waals surface area (Å²) in [4.78, 5) is 29.5. The van der Waals surface area contributed by atoms with Crippen molar-refractivity contribution in [3.05, 3.63) is 88.5 Å². The molecule has 4 rings (SSSR count). The minimum Gasteiger partial charge on any atom is -0.337 e. The maximum atomic E-state index is 12.6. The van der Waals surface area contributed by atoms with Gasteiger partial charge in [-0.2, -0.15) is 0 Å². The Morgan fingerprint density at radius 1 is 1.26 bits per heavy atom. The lowest BCUT2D eigenvalue weighted by molar-refractivity contribution is -0.118. The van der Waals surface area contributed by atoms with Crippen LogP contribution in [-0.4, -0.2) is 33.0 Å². The number of hydrogen-bond acceptors (Lipinski definition) is 4. The van der Waals surface area contributed by atoms with Crippen LogP contribution in [0.2, 0.25) is 5.02 Å². The number of aromatic amines is 1. The maximum Gasteiger partial charge on any atom is 0.291 e. The molecule has 2 aromatic carbocycles. The molecule has 2 heterocycles. The smallest absolute Gasteiger partial charge is 0.291 e. The third-order valence-electron chi connectivity index (χ3n) is 5.13. The summed E-state index contributed by atoms with van der Waals surface area (Å²) in [5.41, 5.74) is 3.87. The summed E-state index contributed by atoms with van der Waals surface area (Å²) in [6.45, 7) is 3.76. The van der Waals surface area contributed by atoms with E-state index in [9.17, 15) is 9.59 Å². The average molecular weight is 436 g/mol. The number of nitrogens with zero attached hydrogens (tertiary/aromatic N) is 2. The molecule has 3 N–H and O–H groups in total. The molecule has 158 valence electrons. The molecule has 1 aromatic heterocycles. The van der Waals surface area contributed by atoms with Gasteiger partial charge in [0.1, 0.15) is 11.9 Å². The van der Waals surface area contributed by atoms with Crippen LogP contribution >= 0.6 is 11.6 Å². The number of benzene rings is 2. The van der Waals surface area contributed by atoms with Crippen LogP contribution in [-0.2, 0) is 24.1 Å². The van der Waals surface area contributed by atoms with Crippen LogP contribution < -0.4 is 10.6 Å². The zero-order valence-electron chi connectivity index (χ0n) is 16.8. The number of allylic oxidation sites excluding steroid dienone is 1. The minimum atomic E-state index is -0.684. The Hall–Kier alpha value is -3.45. The fourth-order valence-corrected chi connectivity index (χ4v) is 3.77. The maximum absolute atomic E-state index is 12.6. The molecule has 2 amide bonds. The Bertz CT molecular complexity index is 1140. The number of aryl methyl sites for hydroxylation is 1. The van der Waals surface area contributed by atoms with Gasteiger partial charge in [0, 0.05) is 17.1 Å². The summed E-state index contributed by atoms with van der Waals surface area (Å²) in [6.07, 6.45) is 4.27. The summed E-state index contributed by atoms with van der Waals surface area (Å²) in [5, 5.41) is 12.9. The Balaban J connectivity index is 1.40. The van der Waals surface area contributed by atoms with Crippen LogP contribution in [0.15, 0.2) is 55.1 Å². The SMILES string of the molecule is C=CCc1cccc(Cc2nc(C(=O)N[C@H]3CCc4ccc(Cl)cc4NC3=O)n[nH]2)c1. The highest BCUT2D eigenvalue weighted by atomic mass is 35.5. The van der Waals surface area contributed by atoms with Gasteiger partial charge in [0.05, 0.1) is 0 Å². The predicted octanol–water partition coefficient (Wildman–Crippen LogP) is 3.46. The van der Waals surface area contributed by atoms with Gasteiger partial charge in [-0.05, 0) is 48.1 Å². The van der Waals surface area contributed by atoms with Crippen molar-refractivity contribution in [3.63, 3.8) is 0 Å². The summed E-state index contributed by atoms with van der Waals surface area (Å²) in [5.74, 6) is -0.195. The number of amides is 2. The van der Waals surface area contributed by atoms with Crippen molar-refractivity contribution in [2.45, 2.75) is 31.7 Å². The molecule has 0 bridgehead atoms. The van der Waals surface area contributed by atoms with E-state index in [-0.39, 0.29) is 11.7 Å². The Morgan fingerprint density at radius 3 is 2.94 bits per heavy atom. The number of rotatable bonds is 6. The van der Waals surface area contributed by atoms with Crippen LogP contribution in [0, 0.1) is 0 Å². The van der Waals surface area contributed by atoms with E-state index in [4.69, 9.17) is 11.6 Å². The van der Waals surface area contributed by atoms with Gasteiger partial charge in [-0.3, -0.25) is 14.7 Å². The van der Waals surface area contributed by atoms with Crippen molar-refractivity contribution < 1.29 is 9.59 Å². The van der Waals surface area contributed by atoms with Crippen molar-refractivity contribution in [2.24, 2.45) is 0 Å². The quantitative estimate of drug-likeness (QED) is 0.516. The highest BCUT2D eigenvalue weighted by molar-refractivity contribution is 6.31. The van der Waals surface area contributed by atoms with Gasteiger partial charge in [-0.25, -0.2) is 4.98 Å². The molecule has 1 aliphatic heterocycles. The summed E-state index contributed by atoms with van der Waals surface area (Å²) >= 11 is 6.02. The second kappa shape index (κ2) is 9.14. The molecule has 7 nitrogen and oxygen atoms in total. The number of aromatic nitrogens is 3. The number of nitrogens with one attached hydrogen (secondary N) is 3. The Kier molecular flexibility index (Phi) is 6.13. The van der Waals surface area contributed by atoms with Gasteiger partial charge in [-0.1, -0.05) is 48.0 Å². The molecule has 0 aliphatic carbocycles. The van der Waals surface area contributed by atoms with Gasteiger partial charge in [0.25, 0.3) is 5.91 Å². The van der Waals surface area contributed by atoms with E-state index >= 15 is 0 Å². The molecule has 1 aliphatic rings. The molecule has 8 heteroatoms. The van der Waals surface area contributed by atoms with Gasteiger partial charge >= 0.3 is 0 Å². The predicted molar refractivity (Wildman–Crippen MR) is 119 cm³/mol. The Labute approximate surface area is 184 Å². The molecule has 1 atom stereocenters. The van der Waals surface area contributed by atoms with E-state index < -0.39 is 11.9 Å². The molecule has 31 heavy (non-hydrogen) atoms. The van der Waals surface area contributed by atoms with Crippen LogP contribution in [0.4, 0.5) is 5.69 Å². The zero-order chi connectivity index (χ0) is 21.8. The van der Waals surface area contributed by atoms with Crippen molar-refractivity contribution in [1.29, 1.82) is 0 Å². The van der Waals surface area contributed by atoms with Gasteiger partial charge in [0.2, 0.25) is 11.7 Å². The molecule has 3 aromatic rings. The van der Waals surface area contributed by atoms with Gasteiger partial charge < -0.3 is 10.6 Å². The Morgan fingerprint density at radius 2 is 2.10 bits per heavy atom. The topological polar surface area (TPSA) is 99.8 Å². The number of carbonyl (C=O) groups is 2. The number of H-pyrrole nitrogens is 1. The van der Waals surface area contributed by atoms with E-state index in [1.54, 1.807) is 12.1 Å². The van der Waals surface area contributed by atoms with E-state index in [0.717, 1.165) is 23.1 Å². The minimum absolute atomic E-state index is 0.00912. The molecular weight excluding hydrogens is 414 g/mol. The fraction of sp³-hybridized carbons (Fsp3) is 0.217. The van der Waals surface area contributed by atoms with Crippen LogP contribution in [0.25, 0.3) is 0 Å². The summed E-state index contributed by atoms with van der Waals surface area (Å²) in [7, 11) is 0. The highest BCUT2D eigenvalue weighted by Gasteiger charge is 2.27. The van der Waals surface area contributed by atoms with Crippen LogP contribution in [0.5, 0.6) is 0 Å². The first-order valence-electron chi connectivity index (χ1n) is 10.0. The van der Waals surface area contributed by atoms with Crippen molar-refractivity contribution in [2.75, 3.05) is 5.32 Å². The number of hydrogen-bond donors (Lipinski definition) is 3. The average Bonchev–Trinajstić information content (AvgIpc) is 3.15. The van der Waals surface area contributed by atoms with E-state index in [2.05, 4.69) is 38.5 Å². The number of halogens is 1. The lowest BCUT2D eigenvalue weighted by Crippen LogP contribution is -2.43.